The van der Waals surface area contributed by atoms with Crippen molar-refractivity contribution in [2.75, 3.05) is 26.2 Å². The molecule has 2 heteroatoms. The van der Waals surface area contributed by atoms with Gasteiger partial charge in [-0.1, -0.05) is 106 Å². The van der Waals surface area contributed by atoms with Crippen molar-refractivity contribution in [3.8, 4) is 0 Å². The van der Waals surface area contributed by atoms with Gasteiger partial charge in [-0.25, -0.2) is 0 Å². The Bertz CT molecular complexity index is 292. The van der Waals surface area contributed by atoms with E-state index in [9.17, 15) is 5.11 Å². The number of nitrogens with zero attached hydrogens (tertiary/aromatic N) is 1. The van der Waals surface area contributed by atoms with Crippen molar-refractivity contribution in [1.29, 1.82) is 0 Å². The molecule has 170 valence electrons. The normalized spacial score (nSPS) is 16.3. The van der Waals surface area contributed by atoms with Crippen LogP contribution in [0.4, 0.5) is 0 Å². The standard InChI is InChI=1S/C26H55NO/c1-7-13-15-23(9-3)19-25(11-5)21-27(17-18-28)22-26(12-6)20-24(10-4)16-14-8-2/h23-26,28H,7-22H2,1-6H3. The summed E-state index contributed by atoms with van der Waals surface area (Å²) >= 11 is 0. The maximum Gasteiger partial charge on any atom is 0.0558 e. The average Bonchev–Trinajstić information content (AvgIpc) is 2.72. The predicted molar refractivity (Wildman–Crippen MR) is 127 cm³/mol. The number of rotatable bonds is 20. The highest BCUT2D eigenvalue weighted by Gasteiger charge is 2.21. The molecule has 0 heterocycles. The van der Waals surface area contributed by atoms with Crippen LogP contribution in [0.2, 0.25) is 0 Å². The number of aliphatic hydroxyl groups excluding tert-OH is 1. The minimum absolute atomic E-state index is 0.299. The second-order valence-electron chi connectivity index (χ2n) is 9.34. The Morgan fingerprint density at radius 2 is 1.00 bits per heavy atom. The molecule has 0 fully saturated rings. The molecule has 1 N–H and O–H groups in total. The minimum Gasteiger partial charge on any atom is -0.395 e. The van der Waals surface area contributed by atoms with Gasteiger partial charge in [0.05, 0.1) is 6.61 Å². The lowest BCUT2D eigenvalue weighted by Crippen LogP contribution is -2.37. The Labute approximate surface area is 178 Å². The summed E-state index contributed by atoms with van der Waals surface area (Å²) in [6.07, 6.45) is 16.1. The summed E-state index contributed by atoms with van der Waals surface area (Å²) in [7, 11) is 0. The van der Waals surface area contributed by atoms with Gasteiger partial charge >= 0.3 is 0 Å². The molecule has 0 rings (SSSR count). The smallest absolute Gasteiger partial charge is 0.0558 e. The van der Waals surface area contributed by atoms with E-state index in [1.54, 1.807) is 0 Å². The predicted octanol–water partition coefficient (Wildman–Crippen LogP) is 7.55. The quantitative estimate of drug-likeness (QED) is 0.229. The summed E-state index contributed by atoms with van der Waals surface area (Å²) < 4.78 is 0. The third-order valence-electron chi connectivity index (χ3n) is 7.02. The maximum absolute atomic E-state index is 9.65. The molecule has 0 aliphatic carbocycles. The van der Waals surface area contributed by atoms with E-state index in [0.29, 0.717) is 6.61 Å². The second kappa shape index (κ2) is 18.9. The van der Waals surface area contributed by atoms with Crippen LogP contribution in [0.5, 0.6) is 0 Å². The molecular weight excluding hydrogens is 342 g/mol. The molecule has 0 saturated heterocycles. The van der Waals surface area contributed by atoms with Gasteiger partial charge in [-0.2, -0.15) is 0 Å². The highest BCUT2D eigenvalue weighted by atomic mass is 16.3. The summed E-state index contributed by atoms with van der Waals surface area (Å²) in [6, 6.07) is 0. The summed E-state index contributed by atoms with van der Waals surface area (Å²) in [5.74, 6) is 3.35. The monoisotopic (exact) mass is 397 g/mol. The van der Waals surface area contributed by atoms with Gasteiger partial charge < -0.3 is 10.0 Å². The molecule has 0 spiro atoms. The summed E-state index contributed by atoms with van der Waals surface area (Å²) in [5, 5.41) is 9.65. The molecule has 0 radical (unpaired) electrons. The highest BCUT2D eigenvalue weighted by molar-refractivity contribution is 4.74. The first-order valence-electron chi connectivity index (χ1n) is 12.9. The van der Waals surface area contributed by atoms with E-state index in [1.165, 1.54) is 90.1 Å². The zero-order valence-electron chi connectivity index (χ0n) is 20.5. The Hall–Kier alpha value is -0.0800. The third-order valence-corrected chi connectivity index (χ3v) is 7.02. The number of hydrogen-bond donors (Lipinski definition) is 1. The molecule has 28 heavy (non-hydrogen) atoms. The van der Waals surface area contributed by atoms with Gasteiger partial charge in [0.25, 0.3) is 0 Å². The first kappa shape index (κ1) is 27.9. The van der Waals surface area contributed by atoms with Crippen LogP contribution in [0.1, 0.15) is 119 Å². The van der Waals surface area contributed by atoms with Gasteiger partial charge in [0, 0.05) is 19.6 Å². The highest BCUT2D eigenvalue weighted by Crippen LogP contribution is 2.27. The van der Waals surface area contributed by atoms with E-state index >= 15 is 0 Å². The lowest BCUT2D eigenvalue weighted by atomic mass is 9.85. The maximum atomic E-state index is 9.65. The molecule has 0 bridgehead atoms. The van der Waals surface area contributed by atoms with E-state index in [1.807, 2.05) is 0 Å². The third kappa shape index (κ3) is 13.2. The number of unbranched alkanes of at least 4 members (excludes halogenated alkanes) is 2. The minimum atomic E-state index is 0.299. The van der Waals surface area contributed by atoms with Crippen molar-refractivity contribution >= 4 is 0 Å². The first-order valence-corrected chi connectivity index (χ1v) is 12.9. The van der Waals surface area contributed by atoms with E-state index in [0.717, 1.165) is 30.2 Å². The van der Waals surface area contributed by atoms with Crippen LogP contribution < -0.4 is 0 Å². The van der Waals surface area contributed by atoms with Gasteiger partial charge in [0.15, 0.2) is 0 Å². The zero-order chi connectivity index (χ0) is 21.2. The summed E-state index contributed by atoms with van der Waals surface area (Å²) in [4.78, 5) is 2.60. The second-order valence-corrected chi connectivity index (χ2v) is 9.34. The Balaban J connectivity index is 4.76. The van der Waals surface area contributed by atoms with Crippen LogP contribution in [0, 0.1) is 23.7 Å². The fourth-order valence-corrected chi connectivity index (χ4v) is 4.78. The van der Waals surface area contributed by atoms with Crippen LogP contribution in [0.25, 0.3) is 0 Å². The van der Waals surface area contributed by atoms with Crippen molar-refractivity contribution < 1.29 is 5.11 Å². The molecule has 0 amide bonds. The van der Waals surface area contributed by atoms with Gasteiger partial charge in [-0.3, -0.25) is 0 Å². The van der Waals surface area contributed by atoms with Crippen molar-refractivity contribution in [1.82, 2.24) is 4.90 Å². The molecule has 2 nitrogen and oxygen atoms in total. The molecule has 0 aromatic rings. The van der Waals surface area contributed by atoms with E-state index in [4.69, 9.17) is 0 Å². The van der Waals surface area contributed by atoms with Crippen LogP contribution in [-0.4, -0.2) is 36.2 Å². The van der Waals surface area contributed by atoms with Crippen LogP contribution in [0.3, 0.4) is 0 Å². The van der Waals surface area contributed by atoms with E-state index in [-0.39, 0.29) is 0 Å². The van der Waals surface area contributed by atoms with Gasteiger partial charge in [-0.05, 0) is 36.5 Å². The Morgan fingerprint density at radius 3 is 1.29 bits per heavy atom. The molecular formula is C26H55NO. The molecule has 4 atom stereocenters. The Morgan fingerprint density at radius 1 is 0.607 bits per heavy atom. The molecule has 0 aliphatic heterocycles. The van der Waals surface area contributed by atoms with Crippen molar-refractivity contribution in [2.45, 2.75) is 119 Å². The SMILES string of the molecule is CCCCC(CC)CC(CC)CN(CCO)CC(CC)CC(CC)CCCC. The fourth-order valence-electron chi connectivity index (χ4n) is 4.78. The fraction of sp³-hybridized carbons (Fsp3) is 1.00. The van der Waals surface area contributed by atoms with Crippen molar-refractivity contribution in [2.24, 2.45) is 23.7 Å². The van der Waals surface area contributed by atoms with Crippen LogP contribution in [0.15, 0.2) is 0 Å². The van der Waals surface area contributed by atoms with Crippen molar-refractivity contribution in [3.63, 3.8) is 0 Å². The summed E-state index contributed by atoms with van der Waals surface area (Å²) in [6.45, 7) is 17.6. The lowest BCUT2D eigenvalue weighted by molar-refractivity contribution is 0.133. The van der Waals surface area contributed by atoms with Gasteiger partial charge in [0.2, 0.25) is 0 Å². The molecule has 0 saturated carbocycles. The molecule has 0 aromatic carbocycles. The number of hydrogen-bond acceptors (Lipinski definition) is 2. The average molecular weight is 398 g/mol. The van der Waals surface area contributed by atoms with E-state index in [2.05, 4.69) is 46.4 Å². The summed E-state index contributed by atoms with van der Waals surface area (Å²) in [5.41, 5.74) is 0. The van der Waals surface area contributed by atoms with Gasteiger partial charge in [0.1, 0.15) is 0 Å². The van der Waals surface area contributed by atoms with Crippen LogP contribution >= 0.6 is 0 Å². The van der Waals surface area contributed by atoms with E-state index < -0.39 is 0 Å². The molecule has 0 aromatic heterocycles. The Kier molecular flexibility index (Phi) is 18.9. The lowest BCUT2D eigenvalue weighted by Gasteiger charge is -2.32. The topological polar surface area (TPSA) is 23.5 Å². The number of aliphatic hydroxyl groups is 1. The zero-order valence-corrected chi connectivity index (χ0v) is 20.5. The largest absolute Gasteiger partial charge is 0.395 e. The molecule has 4 unspecified atom stereocenters. The van der Waals surface area contributed by atoms with Crippen molar-refractivity contribution in [3.05, 3.63) is 0 Å². The molecule has 0 aliphatic rings. The van der Waals surface area contributed by atoms with Gasteiger partial charge in [-0.15, -0.1) is 0 Å². The first-order chi connectivity index (χ1) is 13.6. The van der Waals surface area contributed by atoms with Crippen LogP contribution in [-0.2, 0) is 0 Å².